The first-order chi connectivity index (χ1) is 8.43. The van der Waals surface area contributed by atoms with Crippen molar-refractivity contribution in [3.63, 3.8) is 0 Å². The summed E-state index contributed by atoms with van der Waals surface area (Å²) in [5.41, 5.74) is 4.36. The van der Waals surface area contributed by atoms with E-state index in [9.17, 15) is 0 Å². The van der Waals surface area contributed by atoms with Gasteiger partial charge in [-0.2, -0.15) is 0 Å². The van der Waals surface area contributed by atoms with Gasteiger partial charge in [-0.3, -0.25) is 0 Å². The third-order valence-electron chi connectivity index (χ3n) is 4.22. The van der Waals surface area contributed by atoms with Crippen molar-refractivity contribution in [3.05, 3.63) is 29.3 Å². The number of hydrogen-bond donors (Lipinski definition) is 1. The zero-order valence-corrected chi connectivity index (χ0v) is 12.4. The van der Waals surface area contributed by atoms with Crippen molar-refractivity contribution < 1.29 is 0 Å². The van der Waals surface area contributed by atoms with Crippen LogP contribution in [0.15, 0.2) is 18.2 Å². The molecule has 1 unspecified atom stereocenters. The van der Waals surface area contributed by atoms with E-state index in [1.165, 1.54) is 23.2 Å². The molecule has 1 N–H and O–H groups in total. The van der Waals surface area contributed by atoms with Crippen LogP contribution >= 0.6 is 0 Å². The lowest BCUT2D eigenvalue weighted by Gasteiger charge is -2.43. The van der Waals surface area contributed by atoms with E-state index in [2.05, 4.69) is 63.0 Å². The predicted molar refractivity (Wildman–Crippen MR) is 79.4 cm³/mol. The molecule has 0 aliphatic carbocycles. The number of anilines is 1. The van der Waals surface area contributed by atoms with Crippen LogP contribution in [0.25, 0.3) is 0 Å². The summed E-state index contributed by atoms with van der Waals surface area (Å²) in [7, 11) is 0. The Hall–Kier alpha value is -1.02. The second-order valence-corrected chi connectivity index (χ2v) is 6.22. The molecular formula is C16H26N2. The molecule has 0 radical (unpaired) electrons. The first-order valence-corrected chi connectivity index (χ1v) is 7.00. The van der Waals surface area contributed by atoms with Gasteiger partial charge in [0, 0.05) is 23.8 Å². The molecule has 1 fully saturated rings. The Morgan fingerprint density at radius 2 is 2.00 bits per heavy atom. The van der Waals surface area contributed by atoms with Crippen LogP contribution < -0.4 is 10.2 Å². The molecule has 2 heteroatoms. The maximum atomic E-state index is 3.56. The summed E-state index contributed by atoms with van der Waals surface area (Å²) in [4.78, 5) is 2.61. The fourth-order valence-electron chi connectivity index (χ4n) is 3.08. The summed E-state index contributed by atoms with van der Waals surface area (Å²) in [6.45, 7) is 13.6. The van der Waals surface area contributed by atoms with Crippen LogP contribution in [-0.2, 0) is 0 Å². The molecule has 2 rings (SSSR count). The van der Waals surface area contributed by atoms with Crippen LogP contribution in [0, 0.1) is 13.8 Å². The van der Waals surface area contributed by atoms with Crippen molar-refractivity contribution in [2.45, 2.75) is 52.6 Å². The summed E-state index contributed by atoms with van der Waals surface area (Å²) in [5, 5.41) is 3.56. The smallest absolute Gasteiger partial charge is 0.0473 e. The number of nitrogens with one attached hydrogen (secondary N) is 1. The van der Waals surface area contributed by atoms with E-state index in [-0.39, 0.29) is 5.54 Å². The molecule has 100 valence electrons. The average Bonchev–Trinajstić information content (AvgIpc) is 2.42. The van der Waals surface area contributed by atoms with Gasteiger partial charge in [-0.15, -0.1) is 0 Å². The molecule has 1 heterocycles. The van der Waals surface area contributed by atoms with Crippen molar-refractivity contribution in [2.75, 3.05) is 18.0 Å². The van der Waals surface area contributed by atoms with Gasteiger partial charge < -0.3 is 10.2 Å². The minimum atomic E-state index is 0.161. The molecule has 1 aliphatic heterocycles. The van der Waals surface area contributed by atoms with Crippen LogP contribution in [0.5, 0.6) is 0 Å². The minimum absolute atomic E-state index is 0.161. The number of aryl methyl sites for hydroxylation is 1. The van der Waals surface area contributed by atoms with Crippen molar-refractivity contribution in [2.24, 2.45) is 0 Å². The van der Waals surface area contributed by atoms with Crippen molar-refractivity contribution in [1.29, 1.82) is 0 Å². The van der Waals surface area contributed by atoms with Gasteiger partial charge in [0.2, 0.25) is 0 Å². The summed E-state index contributed by atoms with van der Waals surface area (Å²) >= 11 is 0. The molecule has 1 saturated heterocycles. The van der Waals surface area contributed by atoms with Gasteiger partial charge in [0.05, 0.1) is 0 Å². The fourth-order valence-corrected chi connectivity index (χ4v) is 3.08. The largest absolute Gasteiger partial charge is 0.362 e. The highest BCUT2D eigenvalue weighted by Crippen LogP contribution is 2.32. The van der Waals surface area contributed by atoms with Gasteiger partial charge in [-0.25, -0.2) is 0 Å². The first kappa shape index (κ1) is 13.4. The van der Waals surface area contributed by atoms with Crippen molar-refractivity contribution in [3.8, 4) is 0 Å². The average molecular weight is 246 g/mol. The Labute approximate surface area is 111 Å². The second kappa shape index (κ2) is 4.93. The van der Waals surface area contributed by atoms with Gasteiger partial charge in [0.1, 0.15) is 0 Å². The third-order valence-corrected chi connectivity index (χ3v) is 4.22. The highest BCUT2D eigenvalue weighted by Gasteiger charge is 2.33. The maximum absolute atomic E-state index is 3.56. The monoisotopic (exact) mass is 246 g/mol. The molecule has 0 bridgehead atoms. The number of nitrogens with zero attached hydrogens (tertiary/aromatic N) is 1. The van der Waals surface area contributed by atoms with E-state index in [0.717, 1.165) is 13.1 Å². The van der Waals surface area contributed by atoms with E-state index >= 15 is 0 Å². The SMILES string of the molecule is Cc1cccc(N2C(C)CCNCC2(C)C)c1C. The van der Waals surface area contributed by atoms with Gasteiger partial charge >= 0.3 is 0 Å². The van der Waals surface area contributed by atoms with E-state index in [4.69, 9.17) is 0 Å². The highest BCUT2D eigenvalue weighted by atomic mass is 15.3. The third kappa shape index (κ3) is 2.39. The van der Waals surface area contributed by atoms with Gasteiger partial charge in [0.25, 0.3) is 0 Å². The Morgan fingerprint density at radius 1 is 1.28 bits per heavy atom. The first-order valence-electron chi connectivity index (χ1n) is 7.00. The van der Waals surface area contributed by atoms with Crippen LogP contribution in [-0.4, -0.2) is 24.7 Å². The summed E-state index contributed by atoms with van der Waals surface area (Å²) in [5.74, 6) is 0. The van der Waals surface area contributed by atoms with E-state index in [1.807, 2.05) is 0 Å². The molecule has 0 amide bonds. The minimum Gasteiger partial charge on any atom is -0.362 e. The lowest BCUT2D eigenvalue weighted by Crippen LogP contribution is -2.52. The topological polar surface area (TPSA) is 15.3 Å². The Kier molecular flexibility index (Phi) is 3.67. The van der Waals surface area contributed by atoms with Crippen LogP contribution in [0.3, 0.4) is 0 Å². The number of benzene rings is 1. The normalized spacial score (nSPS) is 23.8. The molecule has 0 spiro atoms. The molecule has 0 aromatic heterocycles. The van der Waals surface area contributed by atoms with Crippen LogP contribution in [0.2, 0.25) is 0 Å². The molecule has 2 nitrogen and oxygen atoms in total. The molecule has 18 heavy (non-hydrogen) atoms. The standard InChI is InChI=1S/C16H26N2/c1-12-7-6-8-15(14(12)3)18-13(2)9-10-17-11-16(18,4)5/h6-8,13,17H,9-11H2,1-5H3. The Bertz CT molecular complexity index is 423. The molecule has 1 aromatic carbocycles. The van der Waals surface area contributed by atoms with Gasteiger partial charge in [-0.05, 0) is 64.8 Å². The number of hydrogen-bond acceptors (Lipinski definition) is 2. The summed E-state index contributed by atoms with van der Waals surface area (Å²) < 4.78 is 0. The second-order valence-electron chi connectivity index (χ2n) is 6.22. The van der Waals surface area contributed by atoms with Crippen LogP contribution in [0.4, 0.5) is 5.69 Å². The molecule has 1 aromatic rings. The predicted octanol–water partition coefficient (Wildman–Crippen LogP) is 3.27. The summed E-state index contributed by atoms with van der Waals surface area (Å²) in [6.07, 6.45) is 1.21. The van der Waals surface area contributed by atoms with E-state index in [0.29, 0.717) is 6.04 Å². The van der Waals surface area contributed by atoms with Crippen LogP contribution in [0.1, 0.15) is 38.3 Å². The Morgan fingerprint density at radius 3 is 2.72 bits per heavy atom. The van der Waals surface area contributed by atoms with Gasteiger partial charge in [-0.1, -0.05) is 12.1 Å². The zero-order valence-electron chi connectivity index (χ0n) is 12.4. The van der Waals surface area contributed by atoms with Crippen molar-refractivity contribution in [1.82, 2.24) is 5.32 Å². The molecule has 1 atom stereocenters. The van der Waals surface area contributed by atoms with Crippen molar-refractivity contribution >= 4 is 5.69 Å². The lowest BCUT2D eigenvalue weighted by molar-refractivity contribution is 0.432. The zero-order chi connectivity index (χ0) is 13.3. The Balaban J connectivity index is 2.47. The van der Waals surface area contributed by atoms with Gasteiger partial charge in [0.15, 0.2) is 0 Å². The highest BCUT2D eigenvalue weighted by molar-refractivity contribution is 5.58. The molecule has 0 saturated carbocycles. The quantitative estimate of drug-likeness (QED) is 0.818. The maximum Gasteiger partial charge on any atom is 0.0473 e. The summed E-state index contributed by atoms with van der Waals surface area (Å²) in [6, 6.07) is 7.23. The number of rotatable bonds is 1. The fraction of sp³-hybridized carbons (Fsp3) is 0.625. The van der Waals surface area contributed by atoms with E-state index in [1.54, 1.807) is 0 Å². The molecule has 1 aliphatic rings. The lowest BCUT2D eigenvalue weighted by atomic mass is 9.96. The van der Waals surface area contributed by atoms with E-state index < -0.39 is 0 Å². The molecular weight excluding hydrogens is 220 g/mol.